The van der Waals surface area contributed by atoms with Crippen molar-refractivity contribution in [2.75, 3.05) is 44.7 Å². The van der Waals surface area contributed by atoms with E-state index in [2.05, 4.69) is 33.0 Å². The van der Waals surface area contributed by atoms with Gasteiger partial charge in [0.15, 0.2) is 0 Å². The number of anilines is 1. The molecule has 6 nitrogen and oxygen atoms in total. The first kappa shape index (κ1) is 33.6. The van der Waals surface area contributed by atoms with E-state index in [-0.39, 0.29) is 28.9 Å². The standard InChI is InChI=1S/C31H46N2O4.BrH/c1-5-9-10-11-12-15-24-36-29-17-14-13-16-28(29)30(34)32-27-20-18-26(19-21-27)31(35)37-25-23-33(7-3,8-4)22-6-2;/h13-14,16-21H,5-12,15,22-25H2,1-4H3;1H. The predicted octanol–water partition coefficient (Wildman–Crippen LogP) is 4.11. The number of unbranched alkanes of at least 4 members (excludes halogenated alkanes) is 5. The number of likely N-dealkylation sites (N-methyl/N-ethyl adjacent to an activating group) is 1. The summed E-state index contributed by atoms with van der Waals surface area (Å²) in [6, 6.07) is 14.1. The summed E-state index contributed by atoms with van der Waals surface area (Å²) in [6.45, 7) is 13.7. The third-order valence-electron chi connectivity index (χ3n) is 7.10. The summed E-state index contributed by atoms with van der Waals surface area (Å²) in [4.78, 5) is 25.5. The number of esters is 1. The van der Waals surface area contributed by atoms with Crippen LogP contribution in [0.5, 0.6) is 5.75 Å². The Bertz CT molecular complexity index is 945. The van der Waals surface area contributed by atoms with Gasteiger partial charge < -0.3 is 36.3 Å². The van der Waals surface area contributed by atoms with E-state index < -0.39 is 0 Å². The molecule has 0 bridgehead atoms. The number of ether oxygens (including phenoxy) is 2. The number of quaternary nitrogens is 1. The lowest BCUT2D eigenvalue weighted by molar-refractivity contribution is -0.925. The maximum Gasteiger partial charge on any atom is 0.338 e. The van der Waals surface area contributed by atoms with Crippen LogP contribution in [-0.4, -0.2) is 55.8 Å². The normalized spacial score (nSPS) is 10.9. The molecule has 0 aromatic heterocycles. The number of benzene rings is 2. The average molecular weight is 592 g/mol. The SMILES string of the molecule is CCCCCCCCOc1ccccc1C(=O)Nc1ccc(C(=O)OCC[N+](CC)(CC)CCC)cc1.[Br-]. The van der Waals surface area contributed by atoms with Crippen molar-refractivity contribution >= 4 is 17.6 Å². The Kier molecular flexibility index (Phi) is 16.6. The quantitative estimate of drug-likeness (QED) is 0.161. The van der Waals surface area contributed by atoms with Gasteiger partial charge >= 0.3 is 5.97 Å². The molecule has 0 fully saturated rings. The van der Waals surface area contributed by atoms with Crippen LogP contribution in [-0.2, 0) is 4.74 Å². The second-order valence-corrected chi connectivity index (χ2v) is 9.70. The minimum Gasteiger partial charge on any atom is -1.00 e. The van der Waals surface area contributed by atoms with E-state index in [1.54, 1.807) is 30.3 Å². The van der Waals surface area contributed by atoms with Gasteiger partial charge in [0, 0.05) is 5.69 Å². The summed E-state index contributed by atoms with van der Waals surface area (Å²) in [5.74, 6) is 0.0108. The highest BCUT2D eigenvalue weighted by Crippen LogP contribution is 2.21. The highest BCUT2D eigenvalue weighted by Gasteiger charge is 2.22. The average Bonchev–Trinajstić information content (AvgIpc) is 2.92. The summed E-state index contributed by atoms with van der Waals surface area (Å²) in [7, 11) is 0. The lowest BCUT2D eigenvalue weighted by atomic mass is 10.1. The van der Waals surface area contributed by atoms with Gasteiger partial charge in [0.2, 0.25) is 0 Å². The third-order valence-corrected chi connectivity index (χ3v) is 7.10. The van der Waals surface area contributed by atoms with Crippen LogP contribution in [0, 0.1) is 0 Å². The van der Waals surface area contributed by atoms with Crippen molar-refractivity contribution in [1.82, 2.24) is 0 Å². The number of nitrogens with one attached hydrogen (secondary N) is 1. The molecule has 7 heteroatoms. The van der Waals surface area contributed by atoms with Crippen LogP contribution >= 0.6 is 0 Å². The topological polar surface area (TPSA) is 64.6 Å². The molecule has 0 atom stereocenters. The van der Waals surface area contributed by atoms with Gasteiger partial charge in [-0.1, -0.05) is 58.1 Å². The largest absolute Gasteiger partial charge is 1.00 e. The Labute approximate surface area is 240 Å². The highest BCUT2D eigenvalue weighted by molar-refractivity contribution is 6.06. The Balaban J connectivity index is 0.00000722. The van der Waals surface area contributed by atoms with Gasteiger partial charge in [-0.15, -0.1) is 0 Å². The number of hydrogen-bond donors (Lipinski definition) is 1. The smallest absolute Gasteiger partial charge is 0.338 e. The van der Waals surface area contributed by atoms with Gasteiger partial charge in [0.05, 0.1) is 37.4 Å². The van der Waals surface area contributed by atoms with E-state index in [0.29, 0.717) is 35.8 Å². The van der Waals surface area contributed by atoms with E-state index >= 15 is 0 Å². The van der Waals surface area contributed by atoms with Crippen LogP contribution in [0.1, 0.15) is 93.4 Å². The summed E-state index contributed by atoms with van der Waals surface area (Å²) in [6.07, 6.45) is 8.23. The van der Waals surface area contributed by atoms with Crippen LogP contribution in [0.25, 0.3) is 0 Å². The molecule has 0 saturated heterocycles. The molecular weight excluding hydrogens is 544 g/mol. The molecule has 0 radical (unpaired) electrons. The molecule has 1 amide bonds. The molecule has 212 valence electrons. The Hall–Kier alpha value is -2.38. The first-order chi connectivity index (χ1) is 18.0. The maximum absolute atomic E-state index is 12.9. The fraction of sp³-hybridized carbons (Fsp3) is 0.548. The van der Waals surface area contributed by atoms with Crippen LogP contribution in [0.4, 0.5) is 5.69 Å². The molecule has 38 heavy (non-hydrogen) atoms. The molecule has 0 unspecified atom stereocenters. The summed E-state index contributed by atoms with van der Waals surface area (Å²) in [5.41, 5.74) is 1.59. The summed E-state index contributed by atoms with van der Waals surface area (Å²) in [5, 5.41) is 2.91. The third kappa shape index (κ3) is 11.2. The molecule has 2 aromatic rings. The van der Waals surface area contributed by atoms with Crippen molar-refractivity contribution in [3.63, 3.8) is 0 Å². The zero-order valence-electron chi connectivity index (χ0n) is 23.8. The molecule has 0 aliphatic rings. The Morgan fingerprint density at radius 3 is 2.08 bits per heavy atom. The molecule has 0 heterocycles. The maximum atomic E-state index is 12.9. The fourth-order valence-corrected chi connectivity index (χ4v) is 4.59. The zero-order valence-corrected chi connectivity index (χ0v) is 25.4. The number of hydrogen-bond acceptors (Lipinski definition) is 4. The molecule has 0 spiro atoms. The Morgan fingerprint density at radius 2 is 1.42 bits per heavy atom. The second-order valence-electron chi connectivity index (χ2n) is 9.70. The van der Waals surface area contributed by atoms with Crippen molar-refractivity contribution < 1.29 is 40.5 Å². The molecular formula is C31H47BrN2O4. The number of nitrogens with zero attached hydrogens (tertiary/aromatic N) is 1. The number of para-hydroxylation sites is 1. The monoisotopic (exact) mass is 590 g/mol. The van der Waals surface area contributed by atoms with E-state index in [1.165, 1.54) is 25.7 Å². The minimum atomic E-state index is -0.340. The minimum absolute atomic E-state index is 0. The van der Waals surface area contributed by atoms with Crippen LogP contribution in [0.2, 0.25) is 0 Å². The fourth-order valence-electron chi connectivity index (χ4n) is 4.59. The van der Waals surface area contributed by atoms with Crippen molar-refractivity contribution in [1.29, 1.82) is 0 Å². The van der Waals surface area contributed by atoms with E-state index in [0.717, 1.165) is 49.9 Å². The number of halogens is 1. The van der Waals surface area contributed by atoms with Crippen LogP contribution in [0.3, 0.4) is 0 Å². The van der Waals surface area contributed by atoms with Crippen LogP contribution in [0.15, 0.2) is 48.5 Å². The lowest BCUT2D eigenvalue weighted by Gasteiger charge is -2.36. The van der Waals surface area contributed by atoms with Crippen molar-refractivity contribution in [2.24, 2.45) is 0 Å². The number of rotatable bonds is 18. The number of carbonyl (C=O) groups is 2. The molecule has 1 N–H and O–H groups in total. The van der Waals surface area contributed by atoms with Crippen molar-refractivity contribution in [3.05, 3.63) is 59.7 Å². The number of amides is 1. The summed E-state index contributed by atoms with van der Waals surface area (Å²) < 4.78 is 12.4. The van der Waals surface area contributed by atoms with Crippen molar-refractivity contribution in [2.45, 2.75) is 72.6 Å². The second kappa shape index (κ2) is 18.8. The van der Waals surface area contributed by atoms with E-state index in [1.807, 2.05) is 18.2 Å². The zero-order chi connectivity index (χ0) is 26.9. The molecule has 2 aromatic carbocycles. The van der Waals surface area contributed by atoms with Gasteiger partial charge in [-0.25, -0.2) is 4.79 Å². The highest BCUT2D eigenvalue weighted by atomic mass is 79.9. The first-order valence-corrected chi connectivity index (χ1v) is 14.1. The lowest BCUT2D eigenvalue weighted by Crippen LogP contribution is -3.00. The number of carbonyl (C=O) groups excluding carboxylic acids is 2. The first-order valence-electron chi connectivity index (χ1n) is 14.1. The van der Waals surface area contributed by atoms with E-state index in [9.17, 15) is 9.59 Å². The molecule has 2 rings (SSSR count). The van der Waals surface area contributed by atoms with Crippen LogP contribution < -0.4 is 27.0 Å². The van der Waals surface area contributed by atoms with Gasteiger partial charge in [-0.2, -0.15) is 0 Å². The molecule has 0 saturated carbocycles. The Morgan fingerprint density at radius 1 is 0.763 bits per heavy atom. The molecule has 0 aliphatic heterocycles. The van der Waals surface area contributed by atoms with E-state index in [4.69, 9.17) is 9.47 Å². The van der Waals surface area contributed by atoms with Gasteiger partial charge in [0.1, 0.15) is 18.9 Å². The molecule has 0 aliphatic carbocycles. The predicted molar refractivity (Wildman–Crippen MR) is 151 cm³/mol. The van der Waals surface area contributed by atoms with Gasteiger partial charge in [0.25, 0.3) is 5.91 Å². The van der Waals surface area contributed by atoms with Gasteiger partial charge in [-0.05, 0) is 63.1 Å². The van der Waals surface area contributed by atoms with Crippen molar-refractivity contribution in [3.8, 4) is 5.75 Å². The summed E-state index contributed by atoms with van der Waals surface area (Å²) >= 11 is 0. The van der Waals surface area contributed by atoms with Gasteiger partial charge in [-0.3, -0.25) is 4.79 Å².